The van der Waals surface area contributed by atoms with Gasteiger partial charge in [-0.15, -0.1) is 10.2 Å². The van der Waals surface area contributed by atoms with Gasteiger partial charge in [-0.05, 0) is 48.7 Å². The molecule has 0 fully saturated rings. The number of rotatable bonds is 6. The Morgan fingerprint density at radius 2 is 2.04 bits per heavy atom. The Morgan fingerprint density at radius 3 is 2.81 bits per heavy atom. The molecule has 0 atom stereocenters. The number of carbonyl (C=O) groups excluding carboxylic acids is 1. The van der Waals surface area contributed by atoms with Crippen LogP contribution in [0.4, 0.5) is 0 Å². The Kier molecular flexibility index (Phi) is 6.19. The van der Waals surface area contributed by atoms with Gasteiger partial charge in [-0.1, -0.05) is 47.6 Å². The first-order chi connectivity index (χ1) is 12.9. The molecular weight excluding hydrogens is 380 g/mol. The Hall–Kier alpha value is -2.31. The molecule has 0 aliphatic carbocycles. The number of aromatic nitrogens is 3. The zero-order chi connectivity index (χ0) is 19.4. The summed E-state index contributed by atoms with van der Waals surface area (Å²) in [6.45, 7) is 4.62. The lowest BCUT2D eigenvalue weighted by Gasteiger charge is -2.17. The highest BCUT2D eigenvalue weighted by Crippen LogP contribution is 2.23. The third kappa shape index (κ3) is 4.90. The Labute approximate surface area is 168 Å². The summed E-state index contributed by atoms with van der Waals surface area (Å²) in [4.78, 5) is 14.2. The van der Waals surface area contributed by atoms with E-state index >= 15 is 0 Å². The molecule has 27 heavy (non-hydrogen) atoms. The Bertz CT molecular complexity index is 957. The molecule has 5 nitrogen and oxygen atoms in total. The van der Waals surface area contributed by atoms with E-state index < -0.39 is 0 Å². The molecule has 7 heteroatoms. The quantitative estimate of drug-likeness (QED) is 0.579. The third-order valence-corrected chi connectivity index (χ3v) is 5.36. The van der Waals surface area contributed by atoms with Crippen molar-refractivity contribution in [2.75, 3.05) is 12.8 Å². The Morgan fingerprint density at radius 1 is 1.22 bits per heavy atom. The number of nitrogens with zero attached hydrogens (tertiary/aromatic N) is 4. The van der Waals surface area contributed by atoms with Gasteiger partial charge < -0.3 is 4.90 Å². The molecule has 140 valence electrons. The second-order valence-corrected chi connectivity index (χ2v) is 7.82. The molecule has 1 amide bonds. The molecule has 0 saturated carbocycles. The largest absolute Gasteiger partial charge is 0.341 e. The molecule has 1 aromatic heterocycles. The van der Waals surface area contributed by atoms with E-state index in [0.29, 0.717) is 22.5 Å². The number of aryl methyl sites for hydroxylation is 2. The van der Waals surface area contributed by atoms with E-state index in [1.54, 1.807) is 18.3 Å². The van der Waals surface area contributed by atoms with E-state index in [1.165, 1.54) is 11.8 Å². The van der Waals surface area contributed by atoms with Crippen LogP contribution in [0.2, 0.25) is 5.02 Å². The van der Waals surface area contributed by atoms with Crippen LogP contribution in [0.3, 0.4) is 0 Å². The van der Waals surface area contributed by atoms with Gasteiger partial charge in [0.2, 0.25) is 5.91 Å². The normalized spacial score (nSPS) is 10.8. The number of benzene rings is 2. The van der Waals surface area contributed by atoms with E-state index in [2.05, 4.69) is 35.3 Å². The molecule has 0 N–H and O–H groups in total. The molecule has 0 radical (unpaired) electrons. The molecule has 0 aliphatic rings. The predicted molar refractivity (Wildman–Crippen MR) is 109 cm³/mol. The van der Waals surface area contributed by atoms with E-state index in [-0.39, 0.29) is 5.91 Å². The van der Waals surface area contributed by atoms with Crippen LogP contribution in [0.1, 0.15) is 16.7 Å². The first-order valence-corrected chi connectivity index (χ1v) is 9.89. The average molecular weight is 401 g/mol. The zero-order valence-corrected chi connectivity index (χ0v) is 17.1. The smallest absolute Gasteiger partial charge is 0.233 e. The molecule has 2 aromatic carbocycles. The minimum Gasteiger partial charge on any atom is -0.341 e. The van der Waals surface area contributed by atoms with Crippen LogP contribution in [0.25, 0.3) is 5.69 Å². The predicted octanol–water partition coefficient (Wildman–Crippen LogP) is 4.29. The van der Waals surface area contributed by atoms with Crippen LogP contribution in [0, 0.1) is 13.8 Å². The summed E-state index contributed by atoms with van der Waals surface area (Å²) in [5, 5.41) is 9.57. The maximum Gasteiger partial charge on any atom is 0.233 e. The van der Waals surface area contributed by atoms with Crippen LogP contribution in [-0.2, 0) is 11.3 Å². The molecule has 1 heterocycles. The summed E-state index contributed by atoms with van der Waals surface area (Å²) < 4.78 is 1.93. The molecular formula is C20H21ClN4OS. The summed E-state index contributed by atoms with van der Waals surface area (Å²) in [5.41, 5.74) is 4.33. The maximum atomic E-state index is 12.5. The topological polar surface area (TPSA) is 51.0 Å². The van der Waals surface area contributed by atoms with Gasteiger partial charge in [0, 0.05) is 18.6 Å². The second kappa shape index (κ2) is 8.59. The molecule has 0 bridgehead atoms. The molecule has 3 rings (SSSR count). The van der Waals surface area contributed by atoms with Crippen molar-refractivity contribution in [1.82, 2.24) is 19.7 Å². The maximum absolute atomic E-state index is 12.5. The van der Waals surface area contributed by atoms with Crippen molar-refractivity contribution < 1.29 is 4.79 Å². The van der Waals surface area contributed by atoms with Crippen LogP contribution in [-0.4, -0.2) is 38.4 Å². The number of hydrogen-bond donors (Lipinski definition) is 0. The summed E-state index contributed by atoms with van der Waals surface area (Å²) in [6, 6.07) is 13.8. The molecule has 3 aromatic rings. The molecule has 0 spiro atoms. The first kappa shape index (κ1) is 19.5. The monoisotopic (exact) mass is 400 g/mol. The lowest BCUT2D eigenvalue weighted by atomic mass is 10.1. The fourth-order valence-corrected chi connectivity index (χ4v) is 3.78. The minimum absolute atomic E-state index is 0.0236. The SMILES string of the molecule is Cc1ccc(C)c(-n2cnnc2SCC(=O)N(C)Cc2cccc(Cl)c2)c1. The van der Waals surface area contributed by atoms with Gasteiger partial charge in [-0.2, -0.15) is 0 Å². The lowest BCUT2D eigenvalue weighted by molar-refractivity contribution is -0.127. The zero-order valence-electron chi connectivity index (χ0n) is 15.5. The van der Waals surface area contributed by atoms with Crippen molar-refractivity contribution in [1.29, 1.82) is 0 Å². The van der Waals surface area contributed by atoms with Crippen LogP contribution >= 0.6 is 23.4 Å². The number of carbonyl (C=O) groups is 1. The molecule has 0 aliphatic heterocycles. The highest BCUT2D eigenvalue weighted by molar-refractivity contribution is 7.99. The summed E-state index contributed by atoms with van der Waals surface area (Å²) >= 11 is 7.40. The minimum atomic E-state index is 0.0236. The van der Waals surface area contributed by atoms with Gasteiger partial charge in [0.15, 0.2) is 5.16 Å². The summed E-state index contributed by atoms with van der Waals surface area (Å²) in [7, 11) is 1.79. The average Bonchev–Trinajstić information content (AvgIpc) is 3.10. The standard InChI is InChI=1S/C20H21ClN4OS/c1-14-7-8-15(2)18(9-14)25-13-22-23-20(25)27-12-19(26)24(3)11-16-5-4-6-17(21)10-16/h4-10,13H,11-12H2,1-3H3. The van der Waals surface area contributed by atoms with Crippen molar-refractivity contribution in [2.45, 2.75) is 25.5 Å². The Balaban J connectivity index is 1.66. The van der Waals surface area contributed by atoms with Crippen LogP contribution in [0.5, 0.6) is 0 Å². The van der Waals surface area contributed by atoms with Crippen molar-refractivity contribution in [3.8, 4) is 5.69 Å². The molecule has 0 saturated heterocycles. The van der Waals surface area contributed by atoms with Crippen molar-refractivity contribution in [3.63, 3.8) is 0 Å². The van der Waals surface area contributed by atoms with E-state index in [9.17, 15) is 4.79 Å². The van der Waals surface area contributed by atoms with Gasteiger partial charge in [-0.3, -0.25) is 9.36 Å². The summed E-state index contributed by atoms with van der Waals surface area (Å²) in [6.07, 6.45) is 1.68. The fourth-order valence-electron chi connectivity index (χ4n) is 2.70. The second-order valence-electron chi connectivity index (χ2n) is 6.44. The van der Waals surface area contributed by atoms with Gasteiger partial charge in [0.05, 0.1) is 11.4 Å². The van der Waals surface area contributed by atoms with Crippen molar-refractivity contribution in [3.05, 3.63) is 70.5 Å². The highest BCUT2D eigenvalue weighted by Gasteiger charge is 2.14. The molecule has 0 unspecified atom stereocenters. The van der Waals surface area contributed by atoms with Crippen LogP contribution < -0.4 is 0 Å². The van der Waals surface area contributed by atoms with Gasteiger partial charge in [0.25, 0.3) is 0 Å². The lowest BCUT2D eigenvalue weighted by Crippen LogP contribution is -2.27. The summed E-state index contributed by atoms with van der Waals surface area (Å²) in [5.74, 6) is 0.316. The fraction of sp³-hybridized carbons (Fsp3) is 0.250. The van der Waals surface area contributed by atoms with Crippen molar-refractivity contribution >= 4 is 29.3 Å². The van der Waals surface area contributed by atoms with E-state index in [1.807, 2.05) is 35.8 Å². The first-order valence-electron chi connectivity index (χ1n) is 8.53. The number of thioether (sulfide) groups is 1. The van der Waals surface area contributed by atoms with E-state index in [4.69, 9.17) is 11.6 Å². The number of halogens is 1. The van der Waals surface area contributed by atoms with E-state index in [0.717, 1.165) is 22.4 Å². The van der Waals surface area contributed by atoms with Crippen LogP contribution in [0.15, 0.2) is 53.9 Å². The number of hydrogen-bond acceptors (Lipinski definition) is 4. The van der Waals surface area contributed by atoms with Gasteiger partial charge in [0.1, 0.15) is 6.33 Å². The number of amides is 1. The van der Waals surface area contributed by atoms with Gasteiger partial charge >= 0.3 is 0 Å². The third-order valence-electron chi connectivity index (χ3n) is 4.20. The highest BCUT2D eigenvalue weighted by atomic mass is 35.5. The van der Waals surface area contributed by atoms with Crippen molar-refractivity contribution in [2.24, 2.45) is 0 Å². The van der Waals surface area contributed by atoms with Gasteiger partial charge in [-0.25, -0.2) is 0 Å².